The summed E-state index contributed by atoms with van der Waals surface area (Å²) in [6.45, 7) is 5.66. The van der Waals surface area contributed by atoms with E-state index in [-0.39, 0.29) is 17.4 Å². The van der Waals surface area contributed by atoms with Crippen molar-refractivity contribution in [3.8, 4) is 0 Å². The molecule has 0 saturated carbocycles. The molecule has 1 aromatic carbocycles. The summed E-state index contributed by atoms with van der Waals surface area (Å²) >= 11 is 0. The van der Waals surface area contributed by atoms with E-state index in [1.807, 2.05) is 0 Å². The molecule has 2 fully saturated rings. The number of piperidine rings is 2. The highest BCUT2D eigenvalue weighted by Gasteiger charge is 2.26. The standard InChI is InChI=1S/C24H33N5O2/c30-23-16-22(17-26-27-23)29-14-9-21(10-15-29)24(31)25-11-6-19-7-12-28(13-8-19)18-20-4-2-1-3-5-20/h1-5,16-17,19,21H,6-15,18H2,(H,25,31)(H,27,30). The first-order chi connectivity index (χ1) is 15.2. The highest BCUT2D eigenvalue weighted by atomic mass is 16.2. The normalized spacial score (nSPS) is 18.8. The van der Waals surface area contributed by atoms with Crippen molar-refractivity contribution in [1.29, 1.82) is 0 Å². The predicted molar refractivity (Wildman–Crippen MR) is 122 cm³/mol. The second kappa shape index (κ2) is 10.6. The third-order valence-electron chi connectivity index (χ3n) is 6.69. The average Bonchev–Trinajstić information content (AvgIpc) is 2.81. The van der Waals surface area contributed by atoms with Crippen molar-refractivity contribution in [3.05, 3.63) is 58.5 Å². The number of nitrogens with one attached hydrogen (secondary N) is 2. The van der Waals surface area contributed by atoms with Crippen molar-refractivity contribution in [2.24, 2.45) is 11.8 Å². The first-order valence-electron chi connectivity index (χ1n) is 11.5. The Bertz CT molecular complexity index is 884. The molecule has 1 amide bonds. The van der Waals surface area contributed by atoms with E-state index >= 15 is 0 Å². The third kappa shape index (κ3) is 6.17. The number of carbonyl (C=O) groups is 1. The molecular weight excluding hydrogens is 390 g/mol. The first-order valence-corrected chi connectivity index (χ1v) is 11.5. The number of benzene rings is 1. The lowest BCUT2D eigenvalue weighted by molar-refractivity contribution is -0.125. The number of anilines is 1. The molecular formula is C24H33N5O2. The van der Waals surface area contributed by atoms with Gasteiger partial charge in [-0.25, -0.2) is 5.10 Å². The molecule has 166 valence electrons. The minimum Gasteiger partial charge on any atom is -0.370 e. The van der Waals surface area contributed by atoms with Crippen molar-refractivity contribution in [2.45, 2.75) is 38.6 Å². The molecule has 0 spiro atoms. The number of likely N-dealkylation sites (tertiary alicyclic amines) is 1. The Morgan fingerprint density at radius 3 is 2.52 bits per heavy atom. The van der Waals surface area contributed by atoms with Crippen LogP contribution in [0.2, 0.25) is 0 Å². The molecule has 0 atom stereocenters. The summed E-state index contributed by atoms with van der Waals surface area (Å²) in [6, 6.07) is 12.2. The smallest absolute Gasteiger partial charge is 0.266 e. The lowest BCUT2D eigenvalue weighted by Crippen LogP contribution is -2.41. The van der Waals surface area contributed by atoms with E-state index in [1.54, 1.807) is 12.3 Å². The molecule has 0 bridgehead atoms. The summed E-state index contributed by atoms with van der Waals surface area (Å²) in [6.07, 6.45) is 6.80. The van der Waals surface area contributed by atoms with Crippen LogP contribution in [0.25, 0.3) is 0 Å². The largest absolute Gasteiger partial charge is 0.370 e. The summed E-state index contributed by atoms with van der Waals surface area (Å²) < 4.78 is 0. The zero-order valence-corrected chi connectivity index (χ0v) is 18.1. The average molecular weight is 424 g/mol. The van der Waals surface area contributed by atoms with E-state index in [9.17, 15) is 9.59 Å². The van der Waals surface area contributed by atoms with E-state index < -0.39 is 0 Å². The lowest BCUT2D eigenvalue weighted by Gasteiger charge is -2.33. The zero-order chi connectivity index (χ0) is 21.5. The van der Waals surface area contributed by atoms with E-state index in [1.165, 1.54) is 18.4 Å². The number of nitrogens with zero attached hydrogens (tertiary/aromatic N) is 3. The van der Waals surface area contributed by atoms with Crippen molar-refractivity contribution in [1.82, 2.24) is 20.4 Å². The minimum atomic E-state index is -0.191. The molecule has 0 unspecified atom stereocenters. The van der Waals surface area contributed by atoms with Gasteiger partial charge in [0, 0.05) is 38.2 Å². The number of amides is 1. The van der Waals surface area contributed by atoms with E-state index in [0.717, 1.165) is 64.2 Å². The Hall–Kier alpha value is -2.67. The van der Waals surface area contributed by atoms with Gasteiger partial charge in [-0.15, -0.1) is 0 Å². The summed E-state index contributed by atoms with van der Waals surface area (Å²) in [5, 5.41) is 9.44. The molecule has 0 radical (unpaired) electrons. The number of aromatic nitrogens is 2. The third-order valence-corrected chi connectivity index (χ3v) is 6.69. The molecule has 31 heavy (non-hydrogen) atoms. The van der Waals surface area contributed by atoms with Gasteiger partial charge >= 0.3 is 0 Å². The first kappa shape index (κ1) is 21.6. The molecule has 2 N–H and O–H groups in total. The maximum atomic E-state index is 12.6. The van der Waals surface area contributed by atoms with E-state index in [4.69, 9.17) is 0 Å². The van der Waals surface area contributed by atoms with Gasteiger partial charge in [0.2, 0.25) is 5.91 Å². The zero-order valence-electron chi connectivity index (χ0n) is 18.1. The van der Waals surface area contributed by atoms with Crippen LogP contribution >= 0.6 is 0 Å². The van der Waals surface area contributed by atoms with Crippen LogP contribution in [0.5, 0.6) is 0 Å². The second-order valence-electron chi connectivity index (χ2n) is 8.85. The number of H-pyrrole nitrogens is 1. The molecule has 7 nitrogen and oxygen atoms in total. The quantitative estimate of drug-likeness (QED) is 0.715. The Balaban J connectivity index is 1.12. The molecule has 3 heterocycles. The fourth-order valence-corrected chi connectivity index (χ4v) is 4.76. The van der Waals surface area contributed by atoms with Gasteiger partial charge < -0.3 is 10.2 Å². The topological polar surface area (TPSA) is 81.3 Å². The summed E-state index contributed by atoms with van der Waals surface area (Å²) in [4.78, 5) is 28.7. The van der Waals surface area contributed by atoms with E-state index in [2.05, 4.69) is 55.6 Å². The van der Waals surface area contributed by atoms with Gasteiger partial charge in [-0.05, 0) is 56.7 Å². The van der Waals surface area contributed by atoms with Crippen molar-refractivity contribution in [3.63, 3.8) is 0 Å². The highest BCUT2D eigenvalue weighted by Crippen LogP contribution is 2.23. The second-order valence-corrected chi connectivity index (χ2v) is 8.85. The summed E-state index contributed by atoms with van der Waals surface area (Å²) in [5.74, 6) is 0.960. The van der Waals surface area contributed by atoms with Gasteiger partial charge in [0.25, 0.3) is 5.56 Å². The van der Waals surface area contributed by atoms with Gasteiger partial charge in [-0.2, -0.15) is 5.10 Å². The number of aromatic amines is 1. The van der Waals surface area contributed by atoms with Gasteiger partial charge in [-0.3, -0.25) is 14.5 Å². The van der Waals surface area contributed by atoms with Gasteiger partial charge in [-0.1, -0.05) is 30.3 Å². The number of hydrogen-bond donors (Lipinski definition) is 2. The Morgan fingerprint density at radius 2 is 1.81 bits per heavy atom. The van der Waals surface area contributed by atoms with Crippen molar-refractivity contribution < 1.29 is 4.79 Å². The highest BCUT2D eigenvalue weighted by molar-refractivity contribution is 5.78. The monoisotopic (exact) mass is 423 g/mol. The summed E-state index contributed by atoms with van der Waals surface area (Å²) in [5.41, 5.74) is 2.03. The molecule has 2 aromatic rings. The number of hydrogen-bond acceptors (Lipinski definition) is 5. The van der Waals surface area contributed by atoms with Crippen LogP contribution < -0.4 is 15.8 Å². The minimum absolute atomic E-state index is 0.0684. The Labute approximate surface area is 183 Å². The predicted octanol–water partition coefficient (Wildman–Crippen LogP) is 2.40. The van der Waals surface area contributed by atoms with Crippen molar-refractivity contribution >= 4 is 11.6 Å². The van der Waals surface area contributed by atoms with Crippen LogP contribution in [0.4, 0.5) is 5.69 Å². The Kier molecular flexibility index (Phi) is 7.35. The van der Waals surface area contributed by atoms with Gasteiger partial charge in [0.15, 0.2) is 0 Å². The SMILES string of the molecule is O=C(NCCC1CCN(Cc2ccccc2)CC1)C1CCN(c2cn[nH]c(=O)c2)CC1. The molecule has 4 rings (SSSR count). The summed E-state index contributed by atoms with van der Waals surface area (Å²) in [7, 11) is 0. The van der Waals surface area contributed by atoms with Crippen LogP contribution in [0.1, 0.15) is 37.7 Å². The van der Waals surface area contributed by atoms with Crippen LogP contribution in [-0.4, -0.2) is 53.7 Å². The Morgan fingerprint density at radius 1 is 1.06 bits per heavy atom. The molecule has 2 aliphatic rings. The van der Waals surface area contributed by atoms with Crippen LogP contribution in [0.15, 0.2) is 47.4 Å². The maximum absolute atomic E-state index is 12.6. The molecule has 2 saturated heterocycles. The fraction of sp³-hybridized carbons (Fsp3) is 0.542. The molecule has 1 aromatic heterocycles. The van der Waals surface area contributed by atoms with Crippen LogP contribution in [0.3, 0.4) is 0 Å². The van der Waals surface area contributed by atoms with Gasteiger partial charge in [0.1, 0.15) is 0 Å². The number of rotatable bonds is 7. The fourth-order valence-electron chi connectivity index (χ4n) is 4.76. The molecule has 7 heteroatoms. The van der Waals surface area contributed by atoms with Crippen molar-refractivity contribution in [2.75, 3.05) is 37.6 Å². The molecule has 0 aliphatic carbocycles. The van der Waals surface area contributed by atoms with Crippen LogP contribution in [-0.2, 0) is 11.3 Å². The van der Waals surface area contributed by atoms with Gasteiger partial charge in [0.05, 0.1) is 11.9 Å². The number of carbonyl (C=O) groups excluding carboxylic acids is 1. The van der Waals surface area contributed by atoms with Crippen LogP contribution in [0, 0.1) is 11.8 Å². The maximum Gasteiger partial charge on any atom is 0.266 e. The molecule has 2 aliphatic heterocycles. The van der Waals surface area contributed by atoms with E-state index in [0.29, 0.717) is 5.92 Å². The lowest BCUT2D eigenvalue weighted by atomic mass is 9.92.